The maximum atomic E-state index is 13.2. The van der Waals surface area contributed by atoms with Crippen LogP contribution in [-0.4, -0.2) is 23.9 Å². The minimum Gasteiger partial charge on any atom is -0.503 e. The fourth-order valence-electron chi connectivity index (χ4n) is 4.22. The zero-order valence-electron chi connectivity index (χ0n) is 15.7. The van der Waals surface area contributed by atoms with Crippen molar-refractivity contribution in [3.05, 3.63) is 68.3 Å². The minimum atomic E-state index is -0.385. The first-order valence-electron chi connectivity index (χ1n) is 9.26. The topological polar surface area (TPSA) is 75.6 Å². The molecule has 0 spiro atoms. The molecule has 2 N–H and O–H groups in total. The van der Waals surface area contributed by atoms with Crippen molar-refractivity contribution in [1.82, 2.24) is 5.32 Å². The van der Waals surface area contributed by atoms with Crippen LogP contribution in [0.3, 0.4) is 0 Å². The lowest BCUT2D eigenvalue weighted by molar-refractivity contribution is -0.122. The van der Waals surface area contributed by atoms with Crippen LogP contribution in [0, 0.1) is 0 Å². The highest BCUT2D eigenvalue weighted by molar-refractivity contribution is 9.10. The number of methoxy groups -OCH3 is 1. The number of carbonyl (C=O) groups excluding carboxylic acids is 2. The van der Waals surface area contributed by atoms with Crippen molar-refractivity contribution in [2.24, 2.45) is 0 Å². The third-order valence-electron chi connectivity index (χ3n) is 5.55. The molecule has 2 atom stereocenters. The Bertz CT molecular complexity index is 1050. The number of aromatic hydroxyl groups is 1. The first kappa shape index (κ1) is 20.0. The number of amides is 1. The van der Waals surface area contributed by atoms with Gasteiger partial charge in [0.25, 0.3) is 0 Å². The molecule has 1 aliphatic heterocycles. The largest absolute Gasteiger partial charge is 0.503 e. The number of carbonyl (C=O) groups is 2. The van der Waals surface area contributed by atoms with E-state index in [4.69, 9.17) is 16.3 Å². The van der Waals surface area contributed by atoms with E-state index in [2.05, 4.69) is 21.2 Å². The van der Waals surface area contributed by atoms with Crippen LogP contribution in [0.4, 0.5) is 0 Å². The maximum absolute atomic E-state index is 13.2. The number of halogens is 2. The van der Waals surface area contributed by atoms with Gasteiger partial charge in [0.15, 0.2) is 17.3 Å². The number of benzene rings is 2. The second-order valence-electron chi connectivity index (χ2n) is 7.30. The van der Waals surface area contributed by atoms with Gasteiger partial charge in [-0.3, -0.25) is 9.59 Å². The molecule has 5 nitrogen and oxygen atoms in total. The third kappa shape index (κ3) is 3.67. The molecule has 1 heterocycles. The highest BCUT2D eigenvalue weighted by atomic mass is 79.9. The molecule has 0 bridgehead atoms. The Hall–Kier alpha value is -2.31. The number of hydrogen-bond donors (Lipinski definition) is 2. The van der Waals surface area contributed by atoms with Gasteiger partial charge in [0.1, 0.15) is 0 Å². The fourth-order valence-corrected chi connectivity index (χ4v) is 4.97. The summed E-state index contributed by atoms with van der Waals surface area (Å²) >= 11 is 9.67. The Labute approximate surface area is 181 Å². The minimum absolute atomic E-state index is 0.00401. The van der Waals surface area contributed by atoms with Crippen molar-refractivity contribution in [1.29, 1.82) is 0 Å². The van der Waals surface area contributed by atoms with Gasteiger partial charge in [-0.05, 0) is 57.6 Å². The van der Waals surface area contributed by atoms with Crippen molar-refractivity contribution in [2.45, 2.75) is 31.1 Å². The lowest BCUT2D eigenvalue weighted by atomic mass is 9.73. The summed E-state index contributed by atoms with van der Waals surface area (Å²) < 4.78 is 5.69. The van der Waals surface area contributed by atoms with Crippen LogP contribution < -0.4 is 10.1 Å². The zero-order valence-corrected chi connectivity index (χ0v) is 18.0. The summed E-state index contributed by atoms with van der Waals surface area (Å²) in [5.41, 5.74) is 2.96. The van der Waals surface area contributed by atoms with E-state index in [-0.39, 0.29) is 35.7 Å². The van der Waals surface area contributed by atoms with E-state index in [1.807, 2.05) is 24.3 Å². The Kier molecular flexibility index (Phi) is 5.40. The van der Waals surface area contributed by atoms with Crippen molar-refractivity contribution in [3.8, 4) is 11.5 Å². The van der Waals surface area contributed by atoms with Crippen molar-refractivity contribution >= 4 is 39.2 Å². The Morgan fingerprint density at radius 2 is 1.93 bits per heavy atom. The number of Topliss-reactive ketones (excluding diaryl/α,β-unsaturated/α-hetero) is 1. The summed E-state index contributed by atoms with van der Waals surface area (Å²) in [6.07, 6.45) is 1.05. The first-order valence-corrected chi connectivity index (χ1v) is 10.4. The molecule has 4 rings (SSSR count). The number of nitrogens with one attached hydrogen (secondary N) is 1. The van der Waals surface area contributed by atoms with Crippen LogP contribution in [0.5, 0.6) is 11.5 Å². The van der Waals surface area contributed by atoms with E-state index < -0.39 is 0 Å². The van der Waals surface area contributed by atoms with Gasteiger partial charge < -0.3 is 15.2 Å². The molecule has 0 radical (unpaired) electrons. The van der Waals surface area contributed by atoms with Gasteiger partial charge in [-0.2, -0.15) is 0 Å². The Balaban J connectivity index is 1.76. The number of allylic oxidation sites excluding steroid dienone is 2. The van der Waals surface area contributed by atoms with E-state index in [9.17, 15) is 14.7 Å². The molecule has 0 fully saturated rings. The SMILES string of the molecule is COc1cc([C@@H]2CC(=O)NC3=C2C(=O)C[C@@H](c2ccccc2Cl)C3)cc(Br)c1O. The average Bonchev–Trinajstić information content (AvgIpc) is 2.69. The summed E-state index contributed by atoms with van der Waals surface area (Å²) in [6.45, 7) is 0. The number of ether oxygens (including phenoxy) is 1. The van der Waals surface area contributed by atoms with Crippen LogP contribution >= 0.6 is 27.5 Å². The molecule has 1 aliphatic carbocycles. The Morgan fingerprint density at radius 3 is 2.66 bits per heavy atom. The molecular formula is C22H19BrClNO4. The van der Waals surface area contributed by atoms with Crippen molar-refractivity contribution < 1.29 is 19.4 Å². The molecule has 7 heteroatoms. The van der Waals surface area contributed by atoms with Crippen molar-refractivity contribution in [3.63, 3.8) is 0 Å². The van der Waals surface area contributed by atoms with Crippen molar-refractivity contribution in [2.75, 3.05) is 7.11 Å². The van der Waals surface area contributed by atoms with E-state index in [0.29, 0.717) is 39.4 Å². The van der Waals surface area contributed by atoms with Gasteiger partial charge in [0.05, 0.1) is 11.6 Å². The van der Waals surface area contributed by atoms with Gasteiger partial charge in [-0.25, -0.2) is 0 Å². The quantitative estimate of drug-likeness (QED) is 0.666. The first-order chi connectivity index (χ1) is 13.9. The molecule has 2 aliphatic rings. The Morgan fingerprint density at radius 1 is 1.17 bits per heavy atom. The second kappa shape index (κ2) is 7.84. The maximum Gasteiger partial charge on any atom is 0.225 e. The molecule has 150 valence electrons. The molecule has 0 aromatic heterocycles. The van der Waals surface area contributed by atoms with Crippen LogP contribution in [0.1, 0.15) is 42.2 Å². The van der Waals surface area contributed by atoms with Gasteiger partial charge >= 0.3 is 0 Å². The molecule has 2 aromatic rings. The molecule has 0 saturated heterocycles. The number of ketones is 1. The molecule has 2 aromatic carbocycles. The van der Waals surface area contributed by atoms with Gasteiger partial charge in [0, 0.05) is 35.1 Å². The highest BCUT2D eigenvalue weighted by Crippen LogP contribution is 2.46. The monoisotopic (exact) mass is 475 g/mol. The summed E-state index contributed by atoms with van der Waals surface area (Å²) in [5.74, 6) is -0.313. The van der Waals surface area contributed by atoms with E-state index in [1.165, 1.54) is 7.11 Å². The van der Waals surface area contributed by atoms with Crippen LogP contribution in [0.25, 0.3) is 0 Å². The number of phenols is 1. The summed E-state index contributed by atoms with van der Waals surface area (Å²) in [5, 5.41) is 13.6. The zero-order chi connectivity index (χ0) is 20.7. The summed E-state index contributed by atoms with van der Waals surface area (Å²) in [7, 11) is 1.46. The molecule has 1 amide bonds. The predicted octanol–water partition coefficient (Wildman–Crippen LogP) is 4.82. The smallest absolute Gasteiger partial charge is 0.225 e. The lowest BCUT2D eigenvalue weighted by Crippen LogP contribution is -2.38. The van der Waals surface area contributed by atoms with Gasteiger partial charge in [0.2, 0.25) is 5.91 Å². The standard InChI is InChI=1S/C22H19BrClNO4/c1-29-19-9-11(6-15(23)22(19)28)14-10-20(27)25-17-7-12(8-18(26)21(14)17)13-4-2-3-5-16(13)24/h2-6,9,12,14,28H,7-8,10H2,1H3,(H,25,27)/t12-,14-/m0/s1. The van der Waals surface area contributed by atoms with E-state index in [0.717, 1.165) is 11.1 Å². The molecule has 0 unspecified atom stereocenters. The summed E-state index contributed by atoms with van der Waals surface area (Å²) in [6, 6.07) is 10.9. The van der Waals surface area contributed by atoms with E-state index in [1.54, 1.807) is 12.1 Å². The molecular weight excluding hydrogens is 458 g/mol. The second-order valence-corrected chi connectivity index (χ2v) is 8.56. The summed E-state index contributed by atoms with van der Waals surface area (Å²) in [4.78, 5) is 25.6. The van der Waals surface area contributed by atoms with Gasteiger partial charge in [-0.1, -0.05) is 29.8 Å². The van der Waals surface area contributed by atoms with Crippen LogP contribution in [-0.2, 0) is 9.59 Å². The van der Waals surface area contributed by atoms with Crippen LogP contribution in [0.15, 0.2) is 52.1 Å². The van der Waals surface area contributed by atoms with Crippen LogP contribution in [0.2, 0.25) is 5.02 Å². The molecule has 29 heavy (non-hydrogen) atoms. The number of phenolic OH excluding ortho intramolecular Hbond substituents is 1. The average molecular weight is 477 g/mol. The number of rotatable bonds is 3. The third-order valence-corrected chi connectivity index (χ3v) is 6.50. The van der Waals surface area contributed by atoms with E-state index >= 15 is 0 Å². The number of hydrogen-bond acceptors (Lipinski definition) is 4. The normalized spacial score (nSPS) is 21.6. The predicted molar refractivity (Wildman–Crippen MR) is 113 cm³/mol. The lowest BCUT2D eigenvalue weighted by Gasteiger charge is -2.35. The molecule has 0 saturated carbocycles. The van der Waals surface area contributed by atoms with Gasteiger partial charge in [-0.15, -0.1) is 0 Å². The highest BCUT2D eigenvalue weighted by Gasteiger charge is 2.39. The fraction of sp³-hybridized carbons (Fsp3) is 0.273.